The second kappa shape index (κ2) is 5.31. The normalized spacial score (nSPS) is 21.9. The maximum Gasteiger partial charge on any atom is 0.343 e. The Bertz CT molecular complexity index is 655. The van der Waals surface area contributed by atoms with E-state index in [4.69, 9.17) is 0 Å². The van der Waals surface area contributed by atoms with Crippen molar-refractivity contribution in [3.05, 3.63) is 39.9 Å². The second-order valence-corrected chi connectivity index (χ2v) is 4.76. The number of aliphatic carboxylic acids is 1. The Hall–Kier alpha value is -2.77. The zero-order valence-corrected chi connectivity index (χ0v) is 11.4. The first-order valence-electron chi connectivity index (χ1n) is 6.12. The van der Waals surface area contributed by atoms with Crippen molar-refractivity contribution in [2.24, 2.45) is 10.9 Å². The van der Waals surface area contributed by atoms with Crippen molar-refractivity contribution in [3.8, 4) is 0 Å². The molecule has 0 radical (unpaired) electrons. The fourth-order valence-electron chi connectivity index (χ4n) is 2.42. The van der Waals surface area contributed by atoms with Crippen molar-refractivity contribution >= 4 is 23.4 Å². The van der Waals surface area contributed by atoms with Crippen LogP contribution in [0.1, 0.15) is 18.5 Å². The lowest BCUT2D eigenvalue weighted by Gasteiger charge is -2.35. The molecule has 1 heterocycles. The van der Waals surface area contributed by atoms with Crippen molar-refractivity contribution in [2.45, 2.75) is 13.0 Å². The summed E-state index contributed by atoms with van der Waals surface area (Å²) in [6.45, 7) is 1.47. The largest absolute Gasteiger partial charge is 0.481 e. The van der Waals surface area contributed by atoms with Crippen LogP contribution in [0.3, 0.4) is 0 Å². The third-order valence-corrected chi connectivity index (χ3v) is 3.45. The molecule has 1 aromatic rings. The zero-order valence-electron chi connectivity index (χ0n) is 11.4. The van der Waals surface area contributed by atoms with Crippen molar-refractivity contribution in [1.82, 2.24) is 4.90 Å². The van der Waals surface area contributed by atoms with Crippen LogP contribution in [0.4, 0.5) is 10.5 Å². The summed E-state index contributed by atoms with van der Waals surface area (Å²) in [5.41, 5.74) is 0.418. The molecule has 8 nitrogen and oxygen atoms in total. The highest BCUT2D eigenvalue weighted by Gasteiger charge is 2.40. The second-order valence-electron chi connectivity index (χ2n) is 4.76. The molecular formula is C13H13N3O5. The van der Waals surface area contributed by atoms with Gasteiger partial charge >= 0.3 is 12.0 Å². The first kappa shape index (κ1) is 14.6. The highest BCUT2D eigenvalue weighted by Crippen LogP contribution is 2.34. The molecule has 21 heavy (non-hydrogen) atoms. The molecule has 2 rings (SSSR count). The van der Waals surface area contributed by atoms with Crippen LogP contribution < -0.4 is 0 Å². The summed E-state index contributed by atoms with van der Waals surface area (Å²) in [6, 6.07) is 4.23. The zero-order chi connectivity index (χ0) is 15.7. The summed E-state index contributed by atoms with van der Waals surface area (Å²) >= 11 is 0. The van der Waals surface area contributed by atoms with Gasteiger partial charge in [-0.05, 0) is 12.5 Å². The molecule has 0 fully saturated rings. The highest BCUT2D eigenvalue weighted by molar-refractivity contribution is 6.07. The number of rotatable bonds is 3. The maximum absolute atomic E-state index is 11.8. The van der Waals surface area contributed by atoms with Crippen LogP contribution in [-0.2, 0) is 4.79 Å². The van der Waals surface area contributed by atoms with Gasteiger partial charge in [-0.25, -0.2) is 9.79 Å². The number of aliphatic imine (C=N–C) groups is 1. The molecule has 1 N–H and O–H groups in total. The predicted molar refractivity (Wildman–Crippen MR) is 73.2 cm³/mol. The minimum Gasteiger partial charge on any atom is -0.481 e. The smallest absolute Gasteiger partial charge is 0.343 e. The van der Waals surface area contributed by atoms with E-state index in [0.29, 0.717) is 5.56 Å². The van der Waals surface area contributed by atoms with Gasteiger partial charge in [0.05, 0.1) is 11.0 Å². The van der Waals surface area contributed by atoms with Crippen molar-refractivity contribution in [2.75, 3.05) is 7.05 Å². The number of hydrogen-bond donors (Lipinski definition) is 1. The Kier molecular flexibility index (Phi) is 3.70. The lowest BCUT2D eigenvalue weighted by Crippen LogP contribution is -2.44. The van der Waals surface area contributed by atoms with Gasteiger partial charge in [-0.15, -0.1) is 0 Å². The van der Waals surface area contributed by atoms with Gasteiger partial charge in [0, 0.05) is 24.9 Å². The van der Waals surface area contributed by atoms with Crippen LogP contribution in [0.2, 0.25) is 0 Å². The molecule has 0 aliphatic carbocycles. The van der Waals surface area contributed by atoms with Crippen LogP contribution in [0.15, 0.2) is 29.3 Å². The van der Waals surface area contributed by atoms with Crippen LogP contribution in [0.25, 0.3) is 0 Å². The lowest BCUT2D eigenvalue weighted by atomic mass is 9.87. The Morgan fingerprint density at radius 2 is 2.14 bits per heavy atom. The third kappa shape index (κ3) is 2.60. The van der Waals surface area contributed by atoms with E-state index < -0.39 is 28.9 Å². The van der Waals surface area contributed by atoms with Gasteiger partial charge in [0.1, 0.15) is 5.92 Å². The molecule has 2 atom stereocenters. The quantitative estimate of drug-likeness (QED) is 0.674. The summed E-state index contributed by atoms with van der Waals surface area (Å²) in [5.74, 6) is -2.16. The maximum atomic E-state index is 11.8. The van der Waals surface area contributed by atoms with E-state index in [2.05, 4.69) is 4.99 Å². The fourth-order valence-corrected chi connectivity index (χ4v) is 2.42. The van der Waals surface area contributed by atoms with E-state index >= 15 is 0 Å². The van der Waals surface area contributed by atoms with Gasteiger partial charge in [-0.2, -0.15) is 0 Å². The number of urea groups is 1. The number of nitrogens with zero attached hydrogens (tertiary/aromatic N) is 3. The SMILES string of the molecule is CC1=NC(=O)N(C)C(c2cccc([N+](=O)[O-])c2)C1C(=O)O. The van der Waals surface area contributed by atoms with Crippen LogP contribution in [0.5, 0.6) is 0 Å². The van der Waals surface area contributed by atoms with Crippen LogP contribution >= 0.6 is 0 Å². The topological polar surface area (TPSA) is 113 Å². The average molecular weight is 291 g/mol. The Morgan fingerprint density at radius 1 is 1.48 bits per heavy atom. The molecule has 1 aliphatic heterocycles. The molecule has 1 aromatic carbocycles. The number of nitro groups is 1. The van der Waals surface area contributed by atoms with Crippen molar-refractivity contribution < 1.29 is 19.6 Å². The summed E-state index contributed by atoms with van der Waals surface area (Å²) in [7, 11) is 1.43. The number of carbonyl (C=O) groups is 2. The monoisotopic (exact) mass is 291 g/mol. The van der Waals surface area contributed by atoms with Gasteiger partial charge in [0.15, 0.2) is 0 Å². The Morgan fingerprint density at radius 3 is 2.71 bits per heavy atom. The lowest BCUT2D eigenvalue weighted by molar-refractivity contribution is -0.385. The van der Waals surface area contributed by atoms with Gasteiger partial charge in [-0.1, -0.05) is 12.1 Å². The molecule has 2 amide bonds. The molecule has 0 saturated heterocycles. The average Bonchev–Trinajstić information content (AvgIpc) is 2.42. The number of nitro benzene ring substituents is 1. The summed E-state index contributed by atoms with van der Waals surface area (Å²) in [6.07, 6.45) is 0. The first-order valence-corrected chi connectivity index (χ1v) is 6.12. The summed E-state index contributed by atoms with van der Waals surface area (Å²) in [5, 5.41) is 20.2. The summed E-state index contributed by atoms with van der Waals surface area (Å²) in [4.78, 5) is 38.4. The van der Waals surface area contributed by atoms with E-state index in [1.54, 1.807) is 6.07 Å². The van der Waals surface area contributed by atoms with E-state index in [9.17, 15) is 24.8 Å². The molecule has 8 heteroatoms. The minimum atomic E-state index is -1.13. The number of non-ortho nitro benzene ring substituents is 1. The Balaban J connectivity index is 2.55. The Labute approximate surface area is 119 Å². The van der Waals surface area contributed by atoms with E-state index in [0.717, 1.165) is 0 Å². The number of hydrogen-bond acceptors (Lipinski definition) is 4. The van der Waals surface area contributed by atoms with E-state index in [1.807, 2.05) is 0 Å². The number of carboxylic acids is 1. The summed E-state index contributed by atoms with van der Waals surface area (Å²) < 4.78 is 0. The number of benzene rings is 1. The number of carbonyl (C=O) groups excluding carboxylic acids is 1. The van der Waals surface area contributed by atoms with Crippen molar-refractivity contribution in [3.63, 3.8) is 0 Å². The number of carboxylic acid groups (broad SMARTS) is 1. The van der Waals surface area contributed by atoms with Gasteiger partial charge in [0.2, 0.25) is 0 Å². The molecule has 110 valence electrons. The van der Waals surface area contributed by atoms with E-state index in [-0.39, 0.29) is 11.4 Å². The van der Waals surface area contributed by atoms with Gasteiger partial charge in [-0.3, -0.25) is 14.9 Å². The minimum absolute atomic E-state index is 0.155. The molecule has 2 unspecified atom stereocenters. The van der Waals surface area contributed by atoms with Crippen LogP contribution in [-0.4, -0.2) is 39.7 Å². The molecule has 0 spiro atoms. The van der Waals surface area contributed by atoms with Crippen LogP contribution in [0, 0.1) is 16.0 Å². The van der Waals surface area contributed by atoms with Gasteiger partial charge < -0.3 is 10.0 Å². The van der Waals surface area contributed by atoms with Gasteiger partial charge in [0.25, 0.3) is 5.69 Å². The first-order chi connectivity index (χ1) is 9.82. The fraction of sp³-hybridized carbons (Fsp3) is 0.308. The molecule has 0 aromatic heterocycles. The number of amides is 2. The highest BCUT2D eigenvalue weighted by atomic mass is 16.6. The molecule has 0 saturated carbocycles. The standard InChI is InChI=1S/C13H13N3O5/c1-7-10(12(17)18)11(15(2)13(19)14-7)8-4-3-5-9(6-8)16(20)21/h3-6,10-11H,1-2H3,(H,17,18). The third-order valence-electron chi connectivity index (χ3n) is 3.45. The molecule has 1 aliphatic rings. The molecular weight excluding hydrogens is 278 g/mol. The van der Waals surface area contributed by atoms with E-state index in [1.165, 1.54) is 37.1 Å². The van der Waals surface area contributed by atoms with Crippen molar-refractivity contribution in [1.29, 1.82) is 0 Å². The predicted octanol–water partition coefficient (Wildman–Crippen LogP) is 1.86. The molecule has 0 bridgehead atoms.